The SMILES string of the molecule is Cc1nc(SCC(C)CS)n[nH]1. The fourth-order valence-electron chi connectivity index (χ4n) is 0.656. The maximum atomic E-state index is 4.21. The van der Waals surface area contributed by atoms with Crippen LogP contribution in [-0.2, 0) is 0 Å². The van der Waals surface area contributed by atoms with Gasteiger partial charge in [-0.3, -0.25) is 5.10 Å². The van der Waals surface area contributed by atoms with Crippen LogP contribution in [0.2, 0.25) is 0 Å². The fraction of sp³-hybridized carbons (Fsp3) is 0.714. The molecule has 0 amide bonds. The quantitative estimate of drug-likeness (QED) is 0.579. The average Bonchev–Trinajstić information content (AvgIpc) is 2.47. The van der Waals surface area contributed by atoms with Crippen molar-refractivity contribution in [1.82, 2.24) is 15.2 Å². The van der Waals surface area contributed by atoms with Crippen molar-refractivity contribution in [2.45, 2.75) is 19.0 Å². The topological polar surface area (TPSA) is 41.6 Å². The second-order valence-electron chi connectivity index (χ2n) is 2.80. The van der Waals surface area contributed by atoms with Crippen LogP contribution in [0.5, 0.6) is 0 Å². The Bertz CT molecular complexity index is 236. The van der Waals surface area contributed by atoms with E-state index in [0.717, 1.165) is 22.5 Å². The molecule has 1 aromatic rings. The lowest BCUT2D eigenvalue weighted by molar-refractivity contribution is 0.764. The molecule has 1 unspecified atom stereocenters. The van der Waals surface area contributed by atoms with Crippen molar-refractivity contribution in [2.75, 3.05) is 11.5 Å². The Hall–Kier alpha value is -0.160. The predicted molar refractivity (Wildman–Crippen MR) is 54.9 cm³/mol. The van der Waals surface area contributed by atoms with E-state index in [4.69, 9.17) is 0 Å². The summed E-state index contributed by atoms with van der Waals surface area (Å²) in [6.07, 6.45) is 0. The molecule has 1 N–H and O–H groups in total. The van der Waals surface area contributed by atoms with E-state index in [1.54, 1.807) is 11.8 Å². The minimum Gasteiger partial charge on any atom is -0.262 e. The van der Waals surface area contributed by atoms with Gasteiger partial charge in [0, 0.05) is 5.75 Å². The van der Waals surface area contributed by atoms with Gasteiger partial charge in [0.2, 0.25) is 5.16 Å². The van der Waals surface area contributed by atoms with Gasteiger partial charge in [-0.25, -0.2) is 4.98 Å². The van der Waals surface area contributed by atoms with Gasteiger partial charge in [-0.15, -0.1) is 5.10 Å². The van der Waals surface area contributed by atoms with E-state index in [2.05, 4.69) is 34.7 Å². The molecule has 0 aliphatic rings. The van der Waals surface area contributed by atoms with E-state index in [9.17, 15) is 0 Å². The summed E-state index contributed by atoms with van der Waals surface area (Å²) in [5, 5.41) is 7.67. The van der Waals surface area contributed by atoms with Crippen LogP contribution in [0.4, 0.5) is 0 Å². The first-order valence-electron chi connectivity index (χ1n) is 3.85. The average molecular weight is 203 g/mol. The second kappa shape index (κ2) is 4.77. The molecule has 0 bridgehead atoms. The van der Waals surface area contributed by atoms with Crippen LogP contribution in [0.15, 0.2) is 5.16 Å². The Balaban J connectivity index is 2.33. The number of aryl methyl sites for hydroxylation is 1. The summed E-state index contributed by atoms with van der Waals surface area (Å²) in [6.45, 7) is 4.07. The molecule has 1 atom stereocenters. The highest BCUT2D eigenvalue weighted by Crippen LogP contribution is 2.16. The van der Waals surface area contributed by atoms with E-state index in [1.165, 1.54) is 0 Å². The Morgan fingerprint density at radius 1 is 1.67 bits per heavy atom. The zero-order valence-electron chi connectivity index (χ0n) is 7.24. The number of H-pyrrole nitrogens is 1. The number of aromatic amines is 1. The highest BCUT2D eigenvalue weighted by Gasteiger charge is 2.03. The van der Waals surface area contributed by atoms with Crippen molar-refractivity contribution in [1.29, 1.82) is 0 Å². The van der Waals surface area contributed by atoms with Crippen molar-refractivity contribution in [2.24, 2.45) is 5.92 Å². The third kappa shape index (κ3) is 3.06. The second-order valence-corrected chi connectivity index (χ2v) is 4.15. The van der Waals surface area contributed by atoms with Gasteiger partial charge in [0.1, 0.15) is 5.82 Å². The van der Waals surface area contributed by atoms with Crippen molar-refractivity contribution in [3.8, 4) is 0 Å². The highest BCUT2D eigenvalue weighted by atomic mass is 32.2. The van der Waals surface area contributed by atoms with Gasteiger partial charge >= 0.3 is 0 Å². The van der Waals surface area contributed by atoms with Crippen molar-refractivity contribution >= 4 is 24.4 Å². The van der Waals surface area contributed by atoms with Crippen molar-refractivity contribution in [3.05, 3.63) is 5.82 Å². The van der Waals surface area contributed by atoms with Gasteiger partial charge in [-0.2, -0.15) is 12.6 Å². The van der Waals surface area contributed by atoms with Gasteiger partial charge in [0.05, 0.1) is 0 Å². The van der Waals surface area contributed by atoms with Gasteiger partial charge in [-0.05, 0) is 18.6 Å². The van der Waals surface area contributed by atoms with Gasteiger partial charge in [0.15, 0.2) is 0 Å². The summed E-state index contributed by atoms with van der Waals surface area (Å²) in [5.41, 5.74) is 0. The Morgan fingerprint density at radius 2 is 2.42 bits per heavy atom. The van der Waals surface area contributed by atoms with E-state index < -0.39 is 0 Å². The van der Waals surface area contributed by atoms with Gasteiger partial charge < -0.3 is 0 Å². The number of hydrogen-bond acceptors (Lipinski definition) is 4. The molecular formula is C7H13N3S2. The first kappa shape index (κ1) is 9.92. The van der Waals surface area contributed by atoms with E-state index in [-0.39, 0.29) is 0 Å². The molecule has 0 aliphatic heterocycles. The maximum Gasteiger partial charge on any atom is 0.208 e. The molecule has 0 fully saturated rings. The number of rotatable bonds is 4. The third-order valence-corrected chi connectivity index (χ3v) is 3.19. The molecule has 1 rings (SSSR count). The van der Waals surface area contributed by atoms with Crippen LogP contribution in [0.3, 0.4) is 0 Å². The monoisotopic (exact) mass is 203 g/mol. The summed E-state index contributed by atoms with van der Waals surface area (Å²) in [5.74, 6) is 3.42. The van der Waals surface area contributed by atoms with Crippen LogP contribution in [0.1, 0.15) is 12.7 Å². The minimum atomic E-state index is 0.608. The molecule has 5 heteroatoms. The molecule has 0 saturated heterocycles. The number of aromatic nitrogens is 3. The Morgan fingerprint density at radius 3 is 2.92 bits per heavy atom. The Kier molecular flexibility index (Phi) is 3.94. The summed E-state index contributed by atoms with van der Waals surface area (Å²) in [7, 11) is 0. The number of nitrogens with zero attached hydrogens (tertiary/aromatic N) is 2. The lowest BCUT2D eigenvalue weighted by atomic mass is 10.3. The largest absolute Gasteiger partial charge is 0.262 e. The standard InChI is InChI=1S/C7H13N3S2/c1-5(3-11)4-12-7-8-6(2)9-10-7/h5,11H,3-4H2,1-2H3,(H,8,9,10). The van der Waals surface area contributed by atoms with Gasteiger partial charge in [0.25, 0.3) is 0 Å². The normalized spacial score (nSPS) is 13.2. The summed E-state index contributed by atoms with van der Waals surface area (Å²) in [4.78, 5) is 4.19. The molecule has 0 radical (unpaired) electrons. The smallest absolute Gasteiger partial charge is 0.208 e. The zero-order chi connectivity index (χ0) is 8.97. The van der Waals surface area contributed by atoms with E-state index in [0.29, 0.717) is 5.92 Å². The molecule has 0 saturated carbocycles. The van der Waals surface area contributed by atoms with E-state index in [1.807, 2.05) is 6.92 Å². The summed E-state index contributed by atoms with van der Waals surface area (Å²) in [6, 6.07) is 0. The molecule has 0 spiro atoms. The lowest BCUT2D eigenvalue weighted by Gasteiger charge is -2.03. The minimum absolute atomic E-state index is 0.608. The van der Waals surface area contributed by atoms with E-state index >= 15 is 0 Å². The molecule has 0 aliphatic carbocycles. The Labute approximate surface area is 82.2 Å². The van der Waals surface area contributed by atoms with Crippen LogP contribution in [-0.4, -0.2) is 26.7 Å². The van der Waals surface area contributed by atoms with Crippen molar-refractivity contribution in [3.63, 3.8) is 0 Å². The summed E-state index contributed by atoms with van der Waals surface area (Å²) >= 11 is 5.88. The molecule has 1 aromatic heterocycles. The molecule has 12 heavy (non-hydrogen) atoms. The van der Waals surface area contributed by atoms with Crippen LogP contribution in [0.25, 0.3) is 0 Å². The van der Waals surface area contributed by atoms with Crippen molar-refractivity contribution < 1.29 is 0 Å². The fourth-order valence-corrected chi connectivity index (χ4v) is 1.82. The van der Waals surface area contributed by atoms with Gasteiger partial charge in [-0.1, -0.05) is 18.7 Å². The van der Waals surface area contributed by atoms with Crippen LogP contribution < -0.4 is 0 Å². The zero-order valence-corrected chi connectivity index (χ0v) is 8.95. The first-order valence-corrected chi connectivity index (χ1v) is 5.47. The number of thioether (sulfide) groups is 1. The predicted octanol–water partition coefficient (Wildman–Crippen LogP) is 1.77. The van der Waals surface area contributed by atoms with Crippen LogP contribution >= 0.6 is 24.4 Å². The number of hydrogen-bond donors (Lipinski definition) is 2. The highest BCUT2D eigenvalue weighted by molar-refractivity contribution is 7.99. The molecular weight excluding hydrogens is 190 g/mol. The molecule has 0 aromatic carbocycles. The molecule has 68 valence electrons. The molecule has 1 heterocycles. The maximum absolute atomic E-state index is 4.21. The first-order chi connectivity index (χ1) is 5.72. The summed E-state index contributed by atoms with van der Waals surface area (Å²) < 4.78 is 0. The third-order valence-electron chi connectivity index (χ3n) is 1.39. The number of thiol groups is 1. The lowest BCUT2D eigenvalue weighted by Crippen LogP contribution is -1.99. The molecule has 3 nitrogen and oxygen atoms in total. The van der Waals surface area contributed by atoms with Crippen LogP contribution in [0, 0.1) is 12.8 Å². The number of nitrogens with one attached hydrogen (secondary N) is 1.